The molecule has 0 saturated carbocycles. The zero-order valence-electron chi connectivity index (χ0n) is 18.3. The number of nitrogens with zero attached hydrogens (tertiary/aromatic N) is 1. The summed E-state index contributed by atoms with van der Waals surface area (Å²) >= 11 is 6.23. The first kappa shape index (κ1) is 23.2. The number of sulfonamides is 1. The monoisotopic (exact) mass is 481 g/mol. The van der Waals surface area contributed by atoms with Crippen molar-refractivity contribution in [2.24, 2.45) is 0 Å². The van der Waals surface area contributed by atoms with Gasteiger partial charge in [0.15, 0.2) is 0 Å². The molecule has 1 heterocycles. The van der Waals surface area contributed by atoms with Crippen molar-refractivity contribution in [2.45, 2.75) is 37.2 Å². The highest BCUT2D eigenvalue weighted by Gasteiger charge is 2.44. The summed E-state index contributed by atoms with van der Waals surface area (Å²) in [6.07, 6.45) is 1.87. The molecule has 4 rings (SSSR count). The summed E-state index contributed by atoms with van der Waals surface area (Å²) in [4.78, 5) is 12.4. The normalized spacial score (nSPS) is 19.2. The van der Waals surface area contributed by atoms with Crippen molar-refractivity contribution in [1.29, 1.82) is 0 Å². The SMILES string of the molecule is Cc1ccc(S(=O)(=O)N2[C@@H](c3cccc(Cl)c3)C(C(=O)O)=CC[C@H]2c2cccc(C)c2)cc1. The van der Waals surface area contributed by atoms with Crippen molar-refractivity contribution in [1.82, 2.24) is 4.31 Å². The van der Waals surface area contributed by atoms with E-state index in [0.29, 0.717) is 10.6 Å². The standard InChI is InChI=1S/C26H24ClNO4S/c1-17-9-11-22(12-10-17)33(31,32)28-24(19-6-3-5-18(2)15-19)14-13-23(26(29)30)25(28)20-7-4-8-21(27)16-20/h3-13,15-16,24-25H,14H2,1-2H3,(H,29,30)/t24-,25-/m0/s1. The van der Waals surface area contributed by atoms with Crippen LogP contribution < -0.4 is 0 Å². The van der Waals surface area contributed by atoms with Crippen LogP contribution in [-0.2, 0) is 14.8 Å². The van der Waals surface area contributed by atoms with E-state index in [-0.39, 0.29) is 16.9 Å². The highest BCUT2D eigenvalue weighted by atomic mass is 35.5. The predicted molar refractivity (Wildman–Crippen MR) is 129 cm³/mol. The molecule has 1 aliphatic rings. The minimum atomic E-state index is -4.08. The van der Waals surface area contributed by atoms with Crippen LogP contribution in [0.3, 0.4) is 0 Å². The molecule has 3 aromatic rings. The number of benzene rings is 3. The number of hydrogen-bond acceptors (Lipinski definition) is 3. The first-order valence-corrected chi connectivity index (χ1v) is 12.4. The van der Waals surface area contributed by atoms with Crippen molar-refractivity contribution in [3.8, 4) is 0 Å². The molecule has 0 bridgehead atoms. The van der Waals surface area contributed by atoms with Gasteiger partial charge in [-0.05, 0) is 55.7 Å². The van der Waals surface area contributed by atoms with E-state index in [1.165, 1.54) is 4.31 Å². The predicted octanol–water partition coefficient (Wildman–Crippen LogP) is 5.84. The molecule has 0 unspecified atom stereocenters. The fraction of sp³-hybridized carbons (Fsp3) is 0.192. The third-order valence-electron chi connectivity index (χ3n) is 5.85. The van der Waals surface area contributed by atoms with Gasteiger partial charge in [0, 0.05) is 5.02 Å². The van der Waals surface area contributed by atoms with Gasteiger partial charge >= 0.3 is 5.97 Å². The van der Waals surface area contributed by atoms with Crippen LogP contribution in [0.5, 0.6) is 0 Å². The Balaban J connectivity index is 1.98. The van der Waals surface area contributed by atoms with E-state index in [1.54, 1.807) is 54.6 Å². The maximum Gasteiger partial charge on any atom is 0.333 e. The van der Waals surface area contributed by atoms with Gasteiger partial charge in [-0.15, -0.1) is 0 Å². The zero-order valence-corrected chi connectivity index (χ0v) is 19.8. The van der Waals surface area contributed by atoms with E-state index < -0.39 is 28.1 Å². The van der Waals surface area contributed by atoms with Crippen LogP contribution in [0, 0.1) is 13.8 Å². The highest BCUT2D eigenvalue weighted by Crippen LogP contribution is 2.46. The number of carbonyl (C=O) groups is 1. The molecule has 1 aliphatic heterocycles. The quantitative estimate of drug-likeness (QED) is 0.496. The van der Waals surface area contributed by atoms with Crippen LogP contribution in [0.1, 0.15) is 40.8 Å². The number of hydrogen-bond donors (Lipinski definition) is 1. The van der Waals surface area contributed by atoms with Gasteiger partial charge in [0.25, 0.3) is 0 Å². The van der Waals surface area contributed by atoms with Crippen LogP contribution in [0.25, 0.3) is 0 Å². The molecule has 0 aliphatic carbocycles. The third-order valence-corrected chi connectivity index (χ3v) is 7.98. The molecule has 0 fully saturated rings. The molecule has 5 nitrogen and oxygen atoms in total. The van der Waals surface area contributed by atoms with Crippen molar-refractivity contribution in [2.75, 3.05) is 0 Å². The van der Waals surface area contributed by atoms with Gasteiger partial charge in [0.2, 0.25) is 10.0 Å². The van der Waals surface area contributed by atoms with Gasteiger partial charge in [-0.3, -0.25) is 0 Å². The molecular weight excluding hydrogens is 458 g/mol. The van der Waals surface area contributed by atoms with Crippen LogP contribution in [0.2, 0.25) is 5.02 Å². The van der Waals surface area contributed by atoms with Gasteiger partial charge in [0.05, 0.1) is 22.6 Å². The van der Waals surface area contributed by atoms with Gasteiger partial charge in [-0.1, -0.05) is 77.3 Å². The van der Waals surface area contributed by atoms with Crippen molar-refractivity contribution >= 4 is 27.6 Å². The Hall–Kier alpha value is -2.93. The summed E-state index contributed by atoms with van der Waals surface area (Å²) in [6, 6.07) is 19.3. The van der Waals surface area contributed by atoms with Crippen LogP contribution >= 0.6 is 11.6 Å². The molecule has 0 amide bonds. The molecule has 0 aromatic heterocycles. The summed E-state index contributed by atoms with van der Waals surface area (Å²) < 4.78 is 29.5. The fourth-order valence-electron chi connectivity index (χ4n) is 4.28. The minimum Gasteiger partial charge on any atom is -0.478 e. The van der Waals surface area contributed by atoms with Crippen LogP contribution in [-0.4, -0.2) is 23.8 Å². The van der Waals surface area contributed by atoms with E-state index in [2.05, 4.69) is 0 Å². The lowest BCUT2D eigenvalue weighted by Crippen LogP contribution is -2.42. The van der Waals surface area contributed by atoms with Crippen molar-refractivity contribution < 1.29 is 18.3 Å². The number of aryl methyl sites for hydroxylation is 2. The van der Waals surface area contributed by atoms with Gasteiger partial charge in [-0.2, -0.15) is 4.31 Å². The molecule has 0 radical (unpaired) electrons. The Morgan fingerprint density at radius 3 is 2.24 bits per heavy atom. The smallest absolute Gasteiger partial charge is 0.333 e. The summed E-state index contributed by atoms with van der Waals surface area (Å²) in [5, 5.41) is 10.4. The summed E-state index contributed by atoms with van der Waals surface area (Å²) in [7, 11) is -4.08. The first-order chi connectivity index (χ1) is 15.7. The zero-order chi connectivity index (χ0) is 23.8. The van der Waals surface area contributed by atoms with Crippen LogP contribution in [0.4, 0.5) is 0 Å². The van der Waals surface area contributed by atoms with Crippen molar-refractivity contribution in [3.05, 3.63) is 112 Å². The maximum absolute atomic E-state index is 14.1. The van der Waals surface area contributed by atoms with Gasteiger partial charge in [-0.25, -0.2) is 13.2 Å². The van der Waals surface area contributed by atoms with E-state index in [1.807, 2.05) is 38.1 Å². The average molecular weight is 482 g/mol. The Kier molecular flexibility index (Phi) is 6.43. The second-order valence-electron chi connectivity index (χ2n) is 8.24. The van der Waals surface area contributed by atoms with E-state index in [0.717, 1.165) is 16.7 Å². The molecule has 2 atom stereocenters. The number of aliphatic carboxylic acids is 1. The van der Waals surface area contributed by atoms with Gasteiger partial charge < -0.3 is 5.11 Å². The number of carboxylic acid groups (broad SMARTS) is 1. The number of halogens is 1. The molecular formula is C26H24ClNO4S. The summed E-state index contributed by atoms with van der Waals surface area (Å²) in [6.45, 7) is 3.82. The Labute approximate surface area is 199 Å². The third kappa shape index (κ3) is 4.60. The molecule has 7 heteroatoms. The van der Waals surface area contributed by atoms with E-state index in [9.17, 15) is 18.3 Å². The summed E-state index contributed by atoms with van der Waals surface area (Å²) in [5.41, 5.74) is 3.24. The molecule has 0 saturated heterocycles. The van der Waals surface area contributed by atoms with Crippen LogP contribution in [0.15, 0.2) is 89.3 Å². The fourth-order valence-corrected chi connectivity index (χ4v) is 6.26. The van der Waals surface area contributed by atoms with E-state index in [4.69, 9.17) is 11.6 Å². The maximum atomic E-state index is 14.1. The summed E-state index contributed by atoms with van der Waals surface area (Å²) in [5.74, 6) is -1.16. The molecule has 1 N–H and O–H groups in total. The number of rotatable bonds is 5. The molecule has 3 aromatic carbocycles. The first-order valence-electron chi connectivity index (χ1n) is 10.5. The topological polar surface area (TPSA) is 74.7 Å². The largest absolute Gasteiger partial charge is 0.478 e. The minimum absolute atomic E-state index is 0.0110. The Bertz CT molecular complexity index is 1330. The molecule has 170 valence electrons. The number of carboxylic acids is 1. The van der Waals surface area contributed by atoms with Crippen molar-refractivity contribution in [3.63, 3.8) is 0 Å². The lowest BCUT2D eigenvalue weighted by atomic mass is 9.89. The lowest BCUT2D eigenvalue weighted by molar-refractivity contribution is -0.133. The Morgan fingerprint density at radius 2 is 1.61 bits per heavy atom. The van der Waals surface area contributed by atoms with Gasteiger partial charge in [0.1, 0.15) is 0 Å². The second kappa shape index (κ2) is 9.14. The lowest BCUT2D eigenvalue weighted by Gasteiger charge is -2.40. The molecule has 0 spiro atoms. The average Bonchev–Trinajstić information content (AvgIpc) is 2.78. The highest BCUT2D eigenvalue weighted by molar-refractivity contribution is 7.89. The molecule has 33 heavy (non-hydrogen) atoms. The Morgan fingerprint density at radius 1 is 0.939 bits per heavy atom. The second-order valence-corrected chi connectivity index (χ2v) is 10.5. The van der Waals surface area contributed by atoms with E-state index >= 15 is 0 Å².